The molecule has 2 aromatic carbocycles. The maximum atomic E-state index is 12.4. The van der Waals surface area contributed by atoms with E-state index in [-0.39, 0.29) is 16.3 Å². The number of ether oxygens (including phenoxy) is 1. The Morgan fingerprint density at radius 1 is 1.15 bits per heavy atom. The summed E-state index contributed by atoms with van der Waals surface area (Å²) in [5, 5.41) is 14.0. The van der Waals surface area contributed by atoms with E-state index in [1.807, 2.05) is 12.1 Å². The van der Waals surface area contributed by atoms with Crippen molar-refractivity contribution in [2.45, 2.75) is 13.2 Å². The molecule has 1 N–H and O–H groups in total. The zero-order valence-corrected chi connectivity index (χ0v) is 14.8. The highest BCUT2D eigenvalue weighted by molar-refractivity contribution is 6.31. The smallest absolute Gasteiger partial charge is 0.283 e. The number of nitro benzene ring substituents is 1. The Morgan fingerprint density at radius 3 is 2.74 bits per heavy atom. The number of nitrogens with zero attached hydrogens (tertiary/aromatic N) is 1. The molecule has 0 aliphatic rings. The first-order chi connectivity index (χ1) is 13.0. The summed E-state index contributed by atoms with van der Waals surface area (Å²) in [5.74, 6) is 0.126. The maximum Gasteiger partial charge on any atom is 0.283 e. The van der Waals surface area contributed by atoms with E-state index in [1.165, 1.54) is 12.1 Å². The van der Waals surface area contributed by atoms with E-state index in [4.69, 9.17) is 20.8 Å². The van der Waals surface area contributed by atoms with Crippen molar-refractivity contribution in [3.63, 3.8) is 0 Å². The van der Waals surface area contributed by atoms with Crippen LogP contribution in [0.15, 0.2) is 65.3 Å². The molecule has 1 heterocycles. The summed E-state index contributed by atoms with van der Waals surface area (Å²) in [7, 11) is 0. The second kappa shape index (κ2) is 8.48. The Labute approximate surface area is 159 Å². The number of nitro groups is 1. The molecule has 0 bridgehead atoms. The molecule has 8 heteroatoms. The fourth-order valence-electron chi connectivity index (χ4n) is 2.45. The van der Waals surface area contributed by atoms with Gasteiger partial charge >= 0.3 is 0 Å². The minimum atomic E-state index is -0.639. The van der Waals surface area contributed by atoms with Gasteiger partial charge in [0.2, 0.25) is 0 Å². The molecule has 1 aromatic heterocycles. The average Bonchev–Trinajstić information content (AvgIpc) is 3.15. The number of nitrogens with one attached hydrogen (secondary N) is 1. The second-order valence-electron chi connectivity index (χ2n) is 5.65. The van der Waals surface area contributed by atoms with Crippen molar-refractivity contribution in [1.29, 1.82) is 0 Å². The largest absolute Gasteiger partial charge is 0.467 e. The van der Waals surface area contributed by atoms with Crippen molar-refractivity contribution >= 4 is 28.9 Å². The molecule has 0 fully saturated rings. The number of anilines is 1. The minimum absolute atomic E-state index is 0.0659. The lowest BCUT2D eigenvalue weighted by Crippen LogP contribution is -2.14. The SMILES string of the molecule is O=C(Nc1cccc(COCc2ccco2)c1)c1ccc(Cl)cc1[N+](=O)[O-]. The standard InChI is InChI=1S/C19H15ClN2O5/c20-14-6-7-17(18(10-14)22(24)25)19(23)21-15-4-1-3-13(9-15)11-26-12-16-5-2-8-27-16/h1-10H,11-12H2,(H,21,23). The van der Waals surface area contributed by atoms with E-state index >= 15 is 0 Å². The zero-order chi connectivity index (χ0) is 19.2. The monoisotopic (exact) mass is 386 g/mol. The van der Waals surface area contributed by atoms with E-state index in [1.54, 1.807) is 30.5 Å². The number of hydrogen-bond acceptors (Lipinski definition) is 5. The van der Waals surface area contributed by atoms with Crippen molar-refractivity contribution in [3.05, 3.63) is 92.9 Å². The Balaban J connectivity index is 1.67. The molecule has 0 radical (unpaired) electrons. The van der Waals surface area contributed by atoms with Crippen LogP contribution in [0.3, 0.4) is 0 Å². The highest BCUT2D eigenvalue weighted by Gasteiger charge is 2.20. The van der Waals surface area contributed by atoms with Crippen LogP contribution in [0.2, 0.25) is 5.02 Å². The molecule has 1 amide bonds. The number of carbonyl (C=O) groups excluding carboxylic acids is 1. The van der Waals surface area contributed by atoms with E-state index in [9.17, 15) is 14.9 Å². The van der Waals surface area contributed by atoms with Crippen molar-refractivity contribution in [2.24, 2.45) is 0 Å². The summed E-state index contributed by atoms with van der Waals surface area (Å²) in [6.07, 6.45) is 1.57. The fourth-order valence-corrected chi connectivity index (χ4v) is 2.62. The second-order valence-corrected chi connectivity index (χ2v) is 6.08. The molecular weight excluding hydrogens is 372 g/mol. The van der Waals surface area contributed by atoms with E-state index in [0.717, 1.165) is 17.4 Å². The molecule has 0 atom stereocenters. The van der Waals surface area contributed by atoms with Crippen LogP contribution >= 0.6 is 11.6 Å². The molecule has 0 unspecified atom stereocenters. The van der Waals surface area contributed by atoms with Gasteiger partial charge in [-0.2, -0.15) is 0 Å². The normalized spacial score (nSPS) is 10.6. The van der Waals surface area contributed by atoms with Crippen molar-refractivity contribution < 1.29 is 18.9 Å². The Bertz CT molecular complexity index is 956. The summed E-state index contributed by atoms with van der Waals surface area (Å²) in [4.78, 5) is 22.9. The summed E-state index contributed by atoms with van der Waals surface area (Å²) in [6.45, 7) is 0.659. The van der Waals surface area contributed by atoms with Gasteiger partial charge in [-0.3, -0.25) is 14.9 Å². The van der Waals surface area contributed by atoms with E-state index in [0.29, 0.717) is 18.9 Å². The molecule has 0 saturated heterocycles. The van der Waals surface area contributed by atoms with Crippen LogP contribution < -0.4 is 5.32 Å². The molecule has 0 aliphatic heterocycles. The van der Waals surface area contributed by atoms with Crippen LogP contribution in [0.4, 0.5) is 11.4 Å². The van der Waals surface area contributed by atoms with Gasteiger partial charge in [-0.05, 0) is 42.0 Å². The van der Waals surface area contributed by atoms with Gasteiger partial charge in [0.05, 0.1) is 17.8 Å². The van der Waals surface area contributed by atoms with Gasteiger partial charge < -0.3 is 14.5 Å². The first-order valence-electron chi connectivity index (χ1n) is 7.97. The number of rotatable bonds is 7. The van der Waals surface area contributed by atoms with Crippen LogP contribution in [0.5, 0.6) is 0 Å². The van der Waals surface area contributed by atoms with Gasteiger partial charge in [0.1, 0.15) is 17.9 Å². The van der Waals surface area contributed by atoms with E-state index < -0.39 is 10.8 Å². The molecule has 0 spiro atoms. The van der Waals surface area contributed by atoms with Gasteiger partial charge in [-0.25, -0.2) is 0 Å². The number of benzene rings is 2. The summed E-state index contributed by atoms with van der Waals surface area (Å²) in [6, 6.07) is 14.5. The topological polar surface area (TPSA) is 94.6 Å². The van der Waals surface area contributed by atoms with Crippen LogP contribution in [0.1, 0.15) is 21.7 Å². The molecular formula is C19H15ClN2O5. The van der Waals surface area contributed by atoms with Crippen LogP contribution in [-0.2, 0) is 18.0 Å². The van der Waals surface area contributed by atoms with Crippen molar-refractivity contribution in [2.75, 3.05) is 5.32 Å². The quantitative estimate of drug-likeness (QED) is 0.464. The Morgan fingerprint density at radius 2 is 2.00 bits per heavy atom. The number of amides is 1. The predicted octanol–water partition coefficient (Wildman–Crippen LogP) is 4.81. The highest BCUT2D eigenvalue weighted by Crippen LogP contribution is 2.24. The number of halogens is 1. The molecule has 7 nitrogen and oxygen atoms in total. The third-order valence-electron chi connectivity index (χ3n) is 3.68. The predicted molar refractivity (Wildman–Crippen MR) is 99.7 cm³/mol. The van der Waals surface area contributed by atoms with Crippen LogP contribution in [0.25, 0.3) is 0 Å². The molecule has 138 valence electrons. The summed E-state index contributed by atoms with van der Waals surface area (Å²) in [5.41, 5.74) is 0.926. The maximum absolute atomic E-state index is 12.4. The Hall–Kier alpha value is -3.16. The van der Waals surface area contributed by atoms with E-state index in [2.05, 4.69) is 5.32 Å². The number of furan rings is 1. The lowest BCUT2D eigenvalue weighted by Gasteiger charge is -2.08. The summed E-state index contributed by atoms with van der Waals surface area (Å²) >= 11 is 5.78. The van der Waals surface area contributed by atoms with Gasteiger partial charge in [-0.15, -0.1) is 0 Å². The van der Waals surface area contributed by atoms with Crippen LogP contribution in [0, 0.1) is 10.1 Å². The zero-order valence-electron chi connectivity index (χ0n) is 14.1. The highest BCUT2D eigenvalue weighted by atomic mass is 35.5. The summed E-state index contributed by atoms with van der Waals surface area (Å²) < 4.78 is 10.8. The first kappa shape index (κ1) is 18.6. The lowest BCUT2D eigenvalue weighted by molar-refractivity contribution is -0.385. The third kappa shape index (κ3) is 4.93. The molecule has 3 rings (SSSR count). The number of hydrogen-bond donors (Lipinski definition) is 1. The Kier molecular flexibility index (Phi) is 5.85. The third-order valence-corrected chi connectivity index (χ3v) is 3.91. The average molecular weight is 387 g/mol. The lowest BCUT2D eigenvalue weighted by atomic mass is 10.1. The van der Waals surface area contributed by atoms with Gasteiger partial charge in [-0.1, -0.05) is 23.7 Å². The van der Waals surface area contributed by atoms with Gasteiger partial charge in [0, 0.05) is 16.8 Å². The van der Waals surface area contributed by atoms with Crippen LogP contribution in [-0.4, -0.2) is 10.8 Å². The molecule has 0 saturated carbocycles. The van der Waals surface area contributed by atoms with Gasteiger partial charge in [0.25, 0.3) is 11.6 Å². The molecule has 0 aliphatic carbocycles. The van der Waals surface area contributed by atoms with Gasteiger partial charge in [0.15, 0.2) is 0 Å². The van der Waals surface area contributed by atoms with Crippen molar-refractivity contribution in [3.8, 4) is 0 Å². The molecule has 27 heavy (non-hydrogen) atoms. The number of carbonyl (C=O) groups is 1. The fraction of sp³-hybridized carbons (Fsp3) is 0.105. The molecule has 3 aromatic rings. The van der Waals surface area contributed by atoms with Crippen molar-refractivity contribution in [1.82, 2.24) is 0 Å². The first-order valence-corrected chi connectivity index (χ1v) is 8.35. The minimum Gasteiger partial charge on any atom is -0.467 e.